The zero-order valence-electron chi connectivity index (χ0n) is 13.4. The molecule has 4 heteroatoms. The lowest BCUT2D eigenvalue weighted by molar-refractivity contribution is -0.119. The lowest BCUT2D eigenvalue weighted by atomic mass is 10.0. The highest BCUT2D eigenvalue weighted by Crippen LogP contribution is 2.23. The molecule has 3 rings (SSSR count). The van der Waals surface area contributed by atoms with E-state index in [4.69, 9.17) is 11.6 Å². The van der Waals surface area contributed by atoms with Gasteiger partial charge in [-0.2, -0.15) is 0 Å². The maximum Gasteiger partial charge on any atom is 0.247 e. The van der Waals surface area contributed by atoms with Crippen molar-refractivity contribution in [2.45, 2.75) is 19.4 Å². The summed E-state index contributed by atoms with van der Waals surface area (Å²) in [5.41, 5.74) is 2.85. The lowest BCUT2D eigenvalue weighted by Crippen LogP contribution is -2.27. The highest BCUT2D eigenvalue weighted by atomic mass is 35.5. The van der Waals surface area contributed by atoms with E-state index in [1.54, 1.807) is 6.07 Å². The van der Waals surface area contributed by atoms with E-state index in [0.717, 1.165) is 16.8 Å². The molecule has 122 valence electrons. The van der Waals surface area contributed by atoms with E-state index in [2.05, 4.69) is 5.32 Å². The van der Waals surface area contributed by atoms with E-state index in [1.807, 2.05) is 78.5 Å². The van der Waals surface area contributed by atoms with Crippen LogP contribution in [-0.4, -0.2) is 10.5 Å². The van der Waals surface area contributed by atoms with Gasteiger partial charge in [-0.3, -0.25) is 4.79 Å². The van der Waals surface area contributed by atoms with Crippen molar-refractivity contribution in [3.63, 3.8) is 0 Å². The van der Waals surface area contributed by atoms with Crippen molar-refractivity contribution in [2.75, 3.05) is 5.32 Å². The molecule has 24 heavy (non-hydrogen) atoms. The summed E-state index contributed by atoms with van der Waals surface area (Å²) in [7, 11) is 0. The summed E-state index contributed by atoms with van der Waals surface area (Å²) in [6.07, 6.45) is 4.46. The van der Waals surface area contributed by atoms with Crippen LogP contribution in [0.1, 0.15) is 17.2 Å². The quantitative estimate of drug-likeness (QED) is 0.707. The molecule has 0 spiro atoms. The average Bonchev–Trinajstić information content (AvgIpc) is 3.11. The largest absolute Gasteiger partial charge is 0.342 e. The predicted molar refractivity (Wildman–Crippen MR) is 98.4 cm³/mol. The molecule has 1 atom stereocenters. The minimum absolute atomic E-state index is 0.0552. The van der Waals surface area contributed by atoms with Crippen LogP contribution in [0.25, 0.3) is 0 Å². The fraction of sp³-hybridized carbons (Fsp3) is 0.150. The summed E-state index contributed by atoms with van der Waals surface area (Å²) < 4.78 is 1.93. The zero-order valence-corrected chi connectivity index (χ0v) is 14.2. The van der Waals surface area contributed by atoms with Gasteiger partial charge in [0, 0.05) is 29.5 Å². The standard InChI is InChI=1S/C20H19ClN2O/c1-15-9-10-17(21)14-18(15)22-20(24)19(23-11-5-6-12-23)13-16-7-3-2-4-8-16/h2-12,14,19H,13H2,1H3,(H,22,24)/t19-/m0/s1. The Morgan fingerprint density at radius 1 is 1.08 bits per heavy atom. The number of hydrogen-bond acceptors (Lipinski definition) is 1. The first-order valence-electron chi connectivity index (χ1n) is 7.87. The summed E-state index contributed by atoms with van der Waals surface area (Å²) in [5, 5.41) is 3.62. The Kier molecular flexibility index (Phi) is 5.02. The van der Waals surface area contributed by atoms with Crippen molar-refractivity contribution in [3.8, 4) is 0 Å². The van der Waals surface area contributed by atoms with Crippen LogP contribution in [0, 0.1) is 6.92 Å². The molecule has 0 aliphatic heterocycles. The number of amides is 1. The van der Waals surface area contributed by atoms with Crippen LogP contribution in [0.4, 0.5) is 5.69 Å². The molecule has 1 heterocycles. The molecule has 1 aromatic heterocycles. The molecular formula is C20H19ClN2O. The second-order valence-electron chi connectivity index (χ2n) is 5.78. The molecule has 3 aromatic rings. The topological polar surface area (TPSA) is 34.0 Å². The molecule has 0 fully saturated rings. The van der Waals surface area contributed by atoms with Gasteiger partial charge in [0.25, 0.3) is 0 Å². The van der Waals surface area contributed by atoms with E-state index in [-0.39, 0.29) is 11.9 Å². The van der Waals surface area contributed by atoms with Crippen LogP contribution >= 0.6 is 11.6 Å². The molecule has 1 N–H and O–H groups in total. The fourth-order valence-electron chi connectivity index (χ4n) is 2.67. The Balaban J connectivity index is 1.85. The van der Waals surface area contributed by atoms with Crippen LogP contribution in [0.3, 0.4) is 0 Å². The van der Waals surface area contributed by atoms with Crippen LogP contribution in [0.5, 0.6) is 0 Å². The number of rotatable bonds is 5. The molecule has 0 aliphatic rings. The Morgan fingerprint density at radius 2 is 1.79 bits per heavy atom. The Bertz CT molecular complexity index is 813. The molecule has 0 radical (unpaired) electrons. The predicted octanol–water partition coefficient (Wildman–Crippen LogP) is 4.87. The number of halogens is 1. The molecule has 3 nitrogen and oxygen atoms in total. The van der Waals surface area contributed by atoms with Crippen molar-refractivity contribution in [3.05, 3.63) is 89.2 Å². The van der Waals surface area contributed by atoms with Gasteiger partial charge < -0.3 is 9.88 Å². The highest BCUT2D eigenvalue weighted by molar-refractivity contribution is 6.31. The van der Waals surface area contributed by atoms with Gasteiger partial charge in [0.05, 0.1) is 0 Å². The number of aromatic nitrogens is 1. The van der Waals surface area contributed by atoms with Crippen molar-refractivity contribution >= 4 is 23.2 Å². The van der Waals surface area contributed by atoms with Gasteiger partial charge >= 0.3 is 0 Å². The zero-order chi connectivity index (χ0) is 16.9. The van der Waals surface area contributed by atoms with Gasteiger partial charge in [-0.25, -0.2) is 0 Å². The van der Waals surface area contributed by atoms with E-state index in [0.29, 0.717) is 11.4 Å². The molecule has 0 saturated carbocycles. The maximum absolute atomic E-state index is 12.9. The van der Waals surface area contributed by atoms with Crippen molar-refractivity contribution < 1.29 is 4.79 Å². The Hall–Kier alpha value is -2.52. The molecule has 2 aromatic carbocycles. The van der Waals surface area contributed by atoms with Gasteiger partial charge in [0.2, 0.25) is 5.91 Å². The highest BCUT2D eigenvalue weighted by Gasteiger charge is 2.21. The SMILES string of the molecule is Cc1ccc(Cl)cc1NC(=O)[C@H](Cc1ccccc1)n1cccc1. The van der Waals surface area contributed by atoms with Crippen LogP contribution in [0.2, 0.25) is 5.02 Å². The van der Waals surface area contributed by atoms with E-state index in [1.165, 1.54) is 0 Å². The second-order valence-corrected chi connectivity index (χ2v) is 6.22. The molecule has 0 saturated heterocycles. The number of nitrogens with zero attached hydrogens (tertiary/aromatic N) is 1. The second kappa shape index (κ2) is 7.37. The van der Waals surface area contributed by atoms with Crippen molar-refractivity contribution in [1.29, 1.82) is 0 Å². The van der Waals surface area contributed by atoms with Crippen molar-refractivity contribution in [1.82, 2.24) is 4.57 Å². The third-order valence-corrected chi connectivity index (χ3v) is 4.25. The summed E-state index contributed by atoms with van der Waals surface area (Å²) in [5.74, 6) is -0.0552. The monoisotopic (exact) mass is 338 g/mol. The number of nitrogens with one attached hydrogen (secondary N) is 1. The minimum Gasteiger partial charge on any atom is -0.342 e. The Labute approximate surface area is 146 Å². The van der Waals surface area contributed by atoms with Gasteiger partial charge in [0.15, 0.2) is 0 Å². The molecule has 1 amide bonds. The van der Waals surface area contributed by atoms with E-state index >= 15 is 0 Å². The molecule has 0 unspecified atom stereocenters. The number of carbonyl (C=O) groups excluding carboxylic acids is 1. The maximum atomic E-state index is 12.9. The first kappa shape index (κ1) is 16.3. The van der Waals surface area contributed by atoms with Gasteiger partial charge in [-0.05, 0) is 42.3 Å². The van der Waals surface area contributed by atoms with Crippen LogP contribution < -0.4 is 5.32 Å². The van der Waals surface area contributed by atoms with Crippen LogP contribution in [-0.2, 0) is 11.2 Å². The third kappa shape index (κ3) is 3.87. The molecule has 0 bridgehead atoms. The number of hydrogen-bond donors (Lipinski definition) is 1. The van der Waals surface area contributed by atoms with Crippen molar-refractivity contribution in [2.24, 2.45) is 0 Å². The van der Waals surface area contributed by atoms with Gasteiger partial charge in [-0.15, -0.1) is 0 Å². The fourth-order valence-corrected chi connectivity index (χ4v) is 2.84. The first-order chi connectivity index (χ1) is 11.6. The van der Waals surface area contributed by atoms with E-state index < -0.39 is 0 Å². The Morgan fingerprint density at radius 3 is 2.50 bits per heavy atom. The lowest BCUT2D eigenvalue weighted by Gasteiger charge is -2.20. The normalized spacial score (nSPS) is 11.9. The summed E-state index contributed by atoms with van der Waals surface area (Å²) >= 11 is 6.05. The van der Waals surface area contributed by atoms with E-state index in [9.17, 15) is 4.79 Å². The van der Waals surface area contributed by atoms with Gasteiger partial charge in [-0.1, -0.05) is 48.0 Å². The minimum atomic E-state index is -0.319. The molecule has 0 aliphatic carbocycles. The first-order valence-corrected chi connectivity index (χ1v) is 8.24. The smallest absolute Gasteiger partial charge is 0.247 e. The molecular weight excluding hydrogens is 320 g/mol. The summed E-state index contributed by atoms with van der Waals surface area (Å²) in [6, 6.07) is 19.1. The third-order valence-electron chi connectivity index (χ3n) is 4.02. The average molecular weight is 339 g/mol. The van der Waals surface area contributed by atoms with Crippen LogP contribution in [0.15, 0.2) is 73.1 Å². The number of aryl methyl sites for hydroxylation is 1. The summed E-state index contributed by atoms with van der Waals surface area (Å²) in [4.78, 5) is 12.9. The summed E-state index contributed by atoms with van der Waals surface area (Å²) in [6.45, 7) is 1.95. The number of anilines is 1. The number of carbonyl (C=O) groups is 1. The number of benzene rings is 2. The van der Waals surface area contributed by atoms with Gasteiger partial charge in [0.1, 0.15) is 6.04 Å².